The van der Waals surface area contributed by atoms with E-state index in [2.05, 4.69) is 5.32 Å². The van der Waals surface area contributed by atoms with E-state index in [1.807, 2.05) is 60.8 Å². The average Bonchev–Trinajstić information content (AvgIpc) is 3.72. The Balaban J connectivity index is 1.34. The lowest BCUT2D eigenvalue weighted by atomic mass is 10.1. The van der Waals surface area contributed by atoms with E-state index in [0.717, 1.165) is 23.3 Å². The van der Waals surface area contributed by atoms with Crippen molar-refractivity contribution in [3.8, 4) is 17.2 Å². The quantitative estimate of drug-likeness (QED) is 0.356. The maximum absolute atomic E-state index is 13.8. The molecule has 1 unspecified atom stereocenters. The number of nitrogens with one attached hydrogen (secondary N) is 1. The van der Waals surface area contributed by atoms with Crippen LogP contribution >= 0.6 is 11.3 Å². The van der Waals surface area contributed by atoms with Crippen LogP contribution < -0.4 is 19.5 Å². The topological polar surface area (TPSA) is 89.6 Å². The van der Waals surface area contributed by atoms with Crippen LogP contribution in [0.5, 0.6) is 17.2 Å². The van der Waals surface area contributed by atoms with E-state index in [4.69, 9.17) is 18.9 Å². The van der Waals surface area contributed by atoms with Gasteiger partial charge in [0.1, 0.15) is 12.3 Å². The van der Waals surface area contributed by atoms with Gasteiger partial charge in [-0.05, 0) is 61.0 Å². The molecule has 1 aromatic heterocycles. The lowest BCUT2D eigenvalue weighted by Gasteiger charge is -2.29. The van der Waals surface area contributed by atoms with Crippen molar-refractivity contribution in [2.24, 2.45) is 0 Å². The minimum absolute atomic E-state index is 0.0849. The lowest BCUT2D eigenvalue weighted by Crippen LogP contribution is -2.46. The maximum atomic E-state index is 13.8. The maximum Gasteiger partial charge on any atom is 0.322 e. The molecule has 3 amide bonds. The van der Waals surface area contributed by atoms with E-state index in [1.54, 1.807) is 27.2 Å². The highest BCUT2D eigenvalue weighted by Gasteiger charge is 2.27. The van der Waals surface area contributed by atoms with E-state index >= 15 is 0 Å². The largest absolute Gasteiger partial charge is 0.492 e. The van der Waals surface area contributed by atoms with Crippen molar-refractivity contribution in [1.29, 1.82) is 0 Å². The van der Waals surface area contributed by atoms with Gasteiger partial charge in [0.2, 0.25) is 12.7 Å². The zero-order chi connectivity index (χ0) is 27.0. The first kappa shape index (κ1) is 26.8. The molecule has 3 heterocycles. The standard InChI is InChI=1S/C29H33N3O6S/c1-2-35-25-10-4-3-9-24(25)30-29(34)32(17-22-7-5-13-36-22)19-28(33)31(18-23-8-6-14-39-23)16-21-11-12-26-27(15-21)38-20-37-26/h3-4,6,8-12,14-15,22H,2,5,7,13,16-20H2,1H3,(H,30,34). The Bertz CT molecular complexity index is 1260. The SMILES string of the molecule is CCOc1ccccc1NC(=O)N(CC(=O)N(Cc1ccc2c(c1)OCO2)Cc1cccs1)CC1CCCO1. The number of ether oxygens (including phenoxy) is 4. The zero-order valence-electron chi connectivity index (χ0n) is 22.0. The molecule has 3 aromatic rings. The summed E-state index contributed by atoms with van der Waals surface area (Å²) in [6, 6.07) is 16.6. The number of rotatable bonds is 11. The number of para-hydroxylation sites is 2. The normalized spacial score (nSPS) is 15.7. The number of hydrogen-bond acceptors (Lipinski definition) is 7. The van der Waals surface area contributed by atoms with Crippen LogP contribution in [-0.2, 0) is 22.6 Å². The molecular formula is C29H33N3O6S. The van der Waals surface area contributed by atoms with Crippen LogP contribution in [0.1, 0.15) is 30.2 Å². The molecule has 1 N–H and O–H groups in total. The van der Waals surface area contributed by atoms with Gasteiger partial charge in [0.15, 0.2) is 11.5 Å². The number of nitrogens with zero attached hydrogens (tertiary/aromatic N) is 2. The summed E-state index contributed by atoms with van der Waals surface area (Å²) in [5, 5.41) is 4.94. The molecule has 0 bridgehead atoms. The Morgan fingerprint density at radius 2 is 1.92 bits per heavy atom. The summed E-state index contributed by atoms with van der Waals surface area (Å²) in [6.45, 7) is 4.27. The van der Waals surface area contributed by atoms with Crippen molar-refractivity contribution < 1.29 is 28.5 Å². The molecular weight excluding hydrogens is 518 g/mol. The number of hydrogen-bond donors (Lipinski definition) is 1. The highest BCUT2D eigenvalue weighted by atomic mass is 32.1. The van der Waals surface area contributed by atoms with Gasteiger partial charge in [0, 0.05) is 24.6 Å². The van der Waals surface area contributed by atoms with Gasteiger partial charge in [-0.2, -0.15) is 0 Å². The molecule has 5 rings (SSSR count). The molecule has 39 heavy (non-hydrogen) atoms. The van der Waals surface area contributed by atoms with Crippen LogP contribution in [-0.4, -0.2) is 60.9 Å². The van der Waals surface area contributed by atoms with Crippen LogP contribution in [0.3, 0.4) is 0 Å². The summed E-state index contributed by atoms with van der Waals surface area (Å²) in [7, 11) is 0. The lowest BCUT2D eigenvalue weighted by molar-refractivity contribution is -0.133. The predicted octanol–water partition coefficient (Wildman–Crippen LogP) is 5.12. The predicted molar refractivity (Wildman–Crippen MR) is 148 cm³/mol. The van der Waals surface area contributed by atoms with E-state index in [1.165, 1.54) is 0 Å². The zero-order valence-corrected chi connectivity index (χ0v) is 22.8. The Morgan fingerprint density at radius 1 is 1.05 bits per heavy atom. The van der Waals surface area contributed by atoms with Crippen LogP contribution in [0.25, 0.3) is 0 Å². The molecule has 0 spiro atoms. The number of amides is 3. The van der Waals surface area contributed by atoms with Crippen LogP contribution in [0.15, 0.2) is 60.0 Å². The molecule has 1 fully saturated rings. The van der Waals surface area contributed by atoms with E-state index in [-0.39, 0.29) is 31.4 Å². The highest BCUT2D eigenvalue weighted by Crippen LogP contribution is 2.33. The van der Waals surface area contributed by atoms with Crippen LogP contribution in [0.2, 0.25) is 0 Å². The van der Waals surface area contributed by atoms with E-state index in [0.29, 0.717) is 55.8 Å². The number of anilines is 1. The number of carbonyl (C=O) groups is 2. The average molecular weight is 552 g/mol. The molecule has 10 heteroatoms. The number of urea groups is 1. The Labute approximate surface area is 232 Å². The number of fused-ring (bicyclic) bond motifs is 1. The van der Waals surface area contributed by atoms with Crippen molar-refractivity contribution in [1.82, 2.24) is 9.80 Å². The molecule has 9 nitrogen and oxygen atoms in total. The first-order valence-electron chi connectivity index (χ1n) is 13.2. The monoisotopic (exact) mass is 551 g/mol. The molecule has 2 aliphatic heterocycles. The summed E-state index contributed by atoms with van der Waals surface area (Å²) in [6.07, 6.45) is 1.68. The van der Waals surface area contributed by atoms with Gasteiger partial charge >= 0.3 is 6.03 Å². The third-order valence-corrected chi connectivity index (χ3v) is 7.44. The highest BCUT2D eigenvalue weighted by molar-refractivity contribution is 7.09. The van der Waals surface area contributed by atoms with Gasteiger partial charge in [-0.15, -0.1) is 11.3 Å². The fourth-order valence-electron chi connectivity index (χ4n) is 4.64. The fraction of sp³-hybridized carbons (Fsp3) is 0.379. The number of carbonyl (C=O) groups excluding carboxylic acids is 2. The summed E-state index contributed by atoms with van der Waals surface area (Å²) >= 11 is 1.59. The smallest absolute Gasteiger partial charge is 0.322 e. The molecule has 0 saturated carbocycles. The molecule has 206 valence electrons. The van der Waals surface area contributed by atoms with Gasteiger partial charge in [-0.1, -0.05) is 24.3 Å². The minimum atomic E-state index is -0.370. The molecule has 0 aliphatic carbocycles. The summed E-state index contributed by atoms with van der Waals surface area (Å²) in [5.74, 6) is 1.79. The number of benzene rings is 2. The Hall–Kier alpha value is -3.76. The minimum Gasteiger partial charge on any atom is -0.492 e. The molecule has 0 radical (unpaired) electrons. The van der Waals surface area contributed by atoms with Crippen molar-refractivity contribution in [3.63, 3.8) is 0 Å². The van der Waals surface area contributed by atoms with Crippen molar-refractivity contribution >= 4 is 29.0 Å². The summed E-state index contributed by atoms with van der Waals surface area (Å²) < 4.78 is 22.5. The third kappa shape index (κ3) is 7.01. The fourth-order valence-corrected chi connectivity index (χ4v) is 5.36. The number of thiophene rings is 1. The van der Waals surface area contributed by atoms with Gasteiger partial charge in [-0.3, -0.25) is 4.79 Å². The van der Waals surface area contributed by atoms with Gasteiger partial charge in [-0.25, -0.2) is 4.79 Å². The van der Waals surface area contributed by atoms with E-state index in [9.17, 15) is 9.59 Å². The second kappa shape index (κ2) is 12.9. The van der Waals surface area contributed by atoms with Crippen molar-refractivity contribution in [2.45, 2.75) is 39.0 Å². The van der Waals surface area contributed by atoms with Crippen LogP contribution in [0.4, 0.5) is 10.5 Å². The summed E-state index contributed by atoms with van der Waals surface area (Å²) in [5.41, 5.74) is 1.48. The second-order valence-corrected chi connectivity index (χ2v) is 10.4. The molecule has 2 aliphatic rings. The second-order valence-electron chi connectivity index (χ2n) is 9.39. The van der Waals surface area contributed by atoms with Crippen LogP contribution in [0, 0.1) is 0 Å². The van der Waals surface area contributed by atoms with Crippen molar-refractivity contribution in [3.05, 3.63) is 70.4 Å². The third-order valence-electron chi connectivity index (χ3n) is 6.58. The van der Waals surface area contributed by atoms with Gasteiger partial charge < -0.3 is 34.1 Å². The Kier molecular flexibility index (Phi) is 8.85. The van der Waals surface area contributed by atoms with Gasteiger partial charge in [0.25, 0.3) is 0 Å². The molecule has 1 atom stereocenters. The van der Waals surface area contributed by atoms with Crippen molar-refractivity contribution in [2.75, 3.05) is 38.4 Å². The molecule has 1 saturated heterocycles. The van der Waals surface area contributed by atoms with Gasteiger partial charge in [0.05, 0.1) is 24.9 Å². The molecule has 2 aromatic carbocycles. The first-order chi connectivity index (χ1) is 19.1. The Morgan fingerprint density at radius 3 is 2.72 bits per heavy atom. The summed E-state index contributed by atoms with van der Waals surface area (Å²) in [4.78, 5) is 31.7. The van der Waals surface area contributed by atoms with E-state index < -0.39 is 0 Å². The first-order valence-corrected chi connectivity index (χ1v) is 14.0.